The van der Waals surface area contributed by atoms with E-state index in [1.165, 1.54) is 83.3 Å². The fraction of sp³-hybridized carbons (Fsp3) is 0.941. The minimum absolute atomic E-state index is 0.744. The van der Waals surface area contributed by atoms with Crippen molar-refractivity contribution in [2.24, 2.45) is 0 Å². The Balaban J connectivity index is 0.000000153. The van der Waals surface area contributed by atoms with Gasteiger partial charge in [0.1, 0.15) is 5.60 Å². The van der Waals surface area contributed by atoms with Crippen LogP contribution in [0.15, 0.2) is 0 Å². The van der Waals surface area contributed by atoms with Crippen LogP contribution in [0.25, 0.3) is 0 Å². The Kier molecular flexibility index (Phi) is 8.78. The van der Waals surface area contributed by atoms with Crippen LogP contribution in [0.5, 0.6) is 0 Å². The Morgan fingerprint density at radius 3 is 1.14 bits per heavy atom. The molecule has 6 rings (SSSR count). The molecule has 0 aromatic carbocycles. The van der Waals surface area contributed by atoms with Crippen LogP contribution in [0.1, 0.15) is 20.8 Å². The first kappa shape index (κ1) is 23.6. The van der Waals surface area contributed by atoms with E-state index in [1.54, 1.807) is 20.8 Å². The molecule has 9 nitrogen and oxygen atoms in total. The molecule has 0 saturated carbocycles. The molecule has 4 bridgehead atoms. The maximum Gasteiger partial charge on any atom is 0.422 e. The molecule has 0 aromatic rings. The lowest BCUT2D eigenvalue weighted by atomic mass is 10.2. The predicted octanol–water partition coefficient (Wildman–Crippen LogP) is 0.230. The summed E-state index contributed by atoms with van der Waals surface area (Å²) in [6.45, 7) is 20.6. The molecule has 0 atom stereocenters. The van der Waals surface area contributed by atoms with Gasteiger partial charge < -0.3 is 4.74 Å². The van der Waals surface area contributed by atoms with Gasteiger partial charge in [-0.15, -0.1) is 0 Å². The molecule has 28 heavy (non-hydrogen) atoms. The molecule has 6 heterocycles. The number of amides is 1. The second-order valence-corrected chi connectivity index (χ2v) is 10.7. The Hall–Kier alpha value is -0.650. The Bertz CT molecular complexity index is 527. The normalized spacial score (nSPS) is 31.0. The maximum atomic E-state index is 10.7. The van der Waals surface area contributed by atoms with E-state index < -0.39 is 20.9 Å². The van der Waals surface area contributed by atoms with Crippen molar-refractivity contribution in [3.63, 3.8) is 0 Å². The summed E-state index contributed by atoms with van der Waals surface area (Å²) in [6.07, 6.45) is -1.09. The number of ether oxygens (including phenoxy) is 1. The average molecular weight is 440 g/mol. The van der Waals surface area contributed by atoms with Crippen LogP contribution < -0.4 is 4.72 Å². The van der Waals surface area contributed by atoms with Crippen molar-refractivity contribution in [3.8, 4) is 0 Å². The number of carbonyl (C=O) groups excluding carboxylic acids is 1. The molecule has 6 aliphatic heterocycles. The standard InChI is InChI=1S/2C6H12N2.C5H10ClNO4S/c2*1-2-8-5-3-7(1)4-6-8;1-5(2,3)11-4(8)7-12(6,9)10/h2*1-6H2;1-3H3,(H,7,8). The van der Waals surface area contributed by atoms with Crippen LogP contribution in [0.3, 0.4) is 0 Å². The highest BCUT2D eigenvalue weighted by molar-refractivity contribution is 8.12. The van der Waals surface area contributed by atoms with Crippen molar-refractivity contribution in [1.29, 1.82) is 0 Å². The number of nitrogens with one attached hydrogen (secondary N) is 1. The summed E-state index contributed by atoms with van der Waals surface area (Å²) < 4.78 is 26.6. The van der Waals surface area contributed by atoms with Crippen molar-refractivity contribution in [2.75, 3.05) is 78.5 Å². The van der Waals surface area contributed by atoms with E-state index in [1.807, 2.05) is 0 Å². The highest BCUT2D eigenvalue weighted by Gasteiger charge is 2.22. The zero-order valence-corrected chi connectivity index (χ0v) is 18.8. The van der Waals surface area contributed by atoms with Gasteiger partial charge in [-0.05, 0) is 20.8 Å². The minimum atomic E-state index is -4.05. The highest BCUT2D eigenvalue weighted by atomic mass is 35.7. The fourth-order valence-corrected chi connectivity index (χ4v) is 3.87. The number of carbonyl (C=O) groups is 1. The Labute approximate surface area is 173 Å². The molecule has 164 valence electrons. The van der Waals surface area contributed by atoms with Crippen molar-refractivity contribution in [1.82, 2.24) is 24.3 Å². The van der Waals surface area contributed by atoms with Crippen LogP contribution >= 0.6 is 10.7 Å². The van der Waals surface area contributed by atoms with E-state index in [9.17, 15) is 13.2 Å². The number of nitrogens with zero attached hydrogens (tertiary/aromatic N) is 4. The third-order valence-electron chi connectivity index (χ3n) is 5.00. The quantitative estimate of drug-likeness (QED) is 0.581. The van der Waals surface area contributed by atoms with Gasteiger partial charge >= 0.3 is 15.3 Å². The van der Waals surface area contributed by atoms with Gasteiger partial charge in [0.25, 0.3) is 0 Å². The molecule has 6 aliphatic rings. The topological polar surface area (TPSA) is 85.4 Å². The molecule has 0 unspecified atom stereocenters. The summed E-state index contributed by atoms with van der Waals surface area (Å²) in [5.41, 5.74) is -0.744. The summed E-state index contributed by atoms with van der Waals surface area (Å²) in [5.74, 6) is 0. The van der Waals surface area contributed by atoms with Gasteiger partial charge in [-0.1, -0.05) is 0 Å². The van der Waals surface area contributed by atoms with E-state index in [-0.39, 0.29) is 0 Å². The zero-order chi connectivity index (χ0) is 20.8. The SMILES string of the molecule is C1CN2CCN1CC2.C1CN2CCN1CC2.CC(C)(C)OC(=O)NS(=O)(=O)Cl. The summed E-state index contributed by atoms with van der Waals surface area (Å²) in [5, 5.41) is 0. The number of hydrogen-bond acceptors (Lipinski definition) is 8. The van der Waals surface area contributed by atoms with E-state index in [4.69, 9.17) is 10.7 Å². The zero-order valence-electron chi connectivity index (χ0n) is 17.2. The van der Waals surface area contributed by atoms with Crippen LogP contribution in [0.4, 0.5) is 4.79 Å². The molecular weight excluding hydrogens is 406 g/mol. The lowest BCUT2D eigenvalue weighted by molar-refractivity contribution is 0.0571. The molecule has 6 fully saturated rings. The first-order valence-electron chi connectivity index (χ1n) is 9.85. The number of halogens is 1. The molecule has 1 amide bonds. The van der Waals surface area contributed by atoms with E-state index >= 15 is 0 Å². The number of fused-ring (bicyclic) bond motifs is 6. The largest absolute Gasteiger partial charge is 0.443 e. The molecule has 0 radical (unpaired) electrons. The molecule has 0 aromatic heterocycles. The fourth-order valence-electron chi connectivity index (χ4n) is 3.44. The first-order valence-corrected chi connectivity index (χ1v) is 12.2. The number of piperazine rings is 6. The van der Waals surface area contributed by atoms with Crippen molar-refractivity contribution in [3.05, 3.63) is 0 Å². The van der Waals surface area contributed by atoms with Gasteiger partial charge in [0.05, 0.1) is 0 Å². The van der Waals surface area contributed by atoms with Gasteiger partial charge in [-0.2, -0.15) is 8.42 Å². The van der Waals surface area contributed by atoms with Crippen molar-refractivity contribution < 1.29 is 17.9 Å². The van der Waals surface area contributed by atoms with E-state index in [2.05, 4.69) is 24.3 Å². The van der Waals surface area contributed by atoms with Crippen LogP contribution in [0, 0.1) is 0 Å². The summed E-state index contributed by atoms with van der Waals surface area (Å²) >= 11 is 0. The Morgan fingerprint density at radius 2 is 1.00 bits per heavy atom. The average Bonchev–Trinajstić information content (AvgIpc) is 2.63. The van der Waals surface area contributed by atoms with Gasteiger partial charge in [0, 0.05) is 89.2 Å². The van der Waals surface area contributed by atoms with E-state index in [0.29, 0.717) is 0 Å². The lowest BCUT2D eigenvalue weighted by Gasteiger charge is -2.41. The second-order valence-electron chi connectivity index (χ2n) is 8.41. The molecule has 0 spiro atoms. The second kappa shape index (κ2) is 10.4. The maximum absolute atomic E-state index is 10.7. The minimum Gasteiger partial charge on any atom is -0.443 e. The Morgan fingerprint density at radius 1 is 0.750 bits per heavy atom. The highest BCUT2D eigenvalue weighted by Crippen LogP contribution is 2.08. The van der Waals surface area contributed by atoms with Gasteiger partial charge in [-0.3, -0.25) is 19.6 Å². The van der Waals surface area contributed by atoms with Gasteiger partial charge in [0.2, 0.25) is 0 Å². The number of hydrogen-bond donors (Lipinski definition) is 1. The van der Waals surface area contributed by atoms with Gasteiger partial charge in [-0.25, -0.2) is 9.52 Å². The molecule has 11 heteroatoms. The summed E-state index contributed by atoms with van der Waals surface area (Å²) in [7, 11) is 0.669. The monoisotopic (exact) mass is 439 g/mol. The summed E-state index contributed by atoms with van der Waals surface area (Å²) in [4.78, 5) is 20.8. The molecule has 6 saturated heterocycles. The molecule has 0 aliphatic carbocycles. The molecular formula is C17H34ClN5O4S. The number of rotatable bonds is 1. The lowest BCUT2D eigenvalue weighted by Crippen LogP contribution is -2.55. The third kappa shape index (κ3) is 9.71. The predicted molar refractivity (Wildman–Crippen MR) is 110 cm³/mol. The van der Waals surface area contributed by atoms with Crippen molar-refractivity contribution in [2.45, 2.75) is 26.4 Å². The van der Waals surface area contributed by atoms with E-state index in [0.717, 1.165) is 0 Å². The van der Waals surface area contributed by atoms with Crippen LogP contribution in [-0.2, 0) is 14.0 Å². The van der Waals surface area contributed by atoms with Crippen LogP contribution in [-0.4, -0.2) is 118 Å². The third-order valence-corrected chi connectivity index (χ3v) is 5.64. The molecule has 1 N–H and O–H groups in total. The first-order chi connectivity index (χ1) is 13.0. The smallest absolute Gasteiger partial charge is 0.422 e. The van der Waals surface area contributed by atoms with Crippen molar-refractivity contribution >= 4 is 26.0 Å². The van der Waals surface area contributed by atoms with Crippen LogP contribution in [0.2, 0.25) is 0 Å². The summed E-state index contributed by atoms with van der Waals surface area (Å²) in [6, 6.07) is 0. The van der Waals surface area contributed by atoms with Gasteiger partial charge in [0.15, 0.2) is 0 Å².